The maximum atomic E-state index is 6.21. The molecule has 1 aromatic heterocycles. The Morgan fingerprint density at radius 1 is 1.00 bits per heavy atom. The summed E-state index contributed by atoms with van der Waals surface area (Å²) < 4.78 is 12.4. The van der Waals surface area contributed by atoms with Crippen LogP contribution in [0.4, 0.5) is 0 Å². The summed E-state index contributed by atoms with van der Waals surface area (Å²) >= 11 is 0. The van der Waals surface area contributed by atoms with Crippen LogP contribution in [0.15, 0.2) is 30.5 Å². The molecule has 1 saturated heterocycles. The summed E-state index contributed by atoms with van der Waals surface area (Å²) in [6, 6.07) is 8.49. The van der Waals surface area contributed by atoms with E-state index in [1.165, 1.54) is 29.3 Å². The van der Waals surface area contributed by atoms with Gasteiger partial charge in [0.25, 0.3) is 0 Å². The molecule has 114 valence electrons. The Labute approximate surface area is 132 Å². The van der Waals surface area contributed by atoms with Crippen molar-refractivity contribution in [2.75, 3.05) is 0 Å². The van der Waals surface area contributed by atoms with E-state index in [9.17, 15) is 0 Å². The zero-order valence-electron chi connectivity index (χ0n) is 13.7. The van der Waals surface area contributed by atoms with Gasteiger partial charge in [-0.05, 0) is 45.9 Å². The van der Waals surface area contributed by atoms with Gasteiger partial charge in [-0.15, -0.1) is 0 Å². The summed E-state index contributed by atoms with van der Waals surface area (Å²) in [6.07, 6.45) is 4.47. The Balaban J connectivity index is 1.82. The van der Waals surface area contributed by atoms with Gasteiger partial charge >= 0.3 is 7.12 Å². The van der Waals surface area contributed by atoms with Crippen molar-refractivity contribution >= 4 is 23.4 Å². The van der Waals surface area contributed by atoms with Crippen LogP contribution in [0.25, 0.3) is 10.8 Å². The molecule has 1 aliphatic carbocycles. The van der Waals surface area contributed by atoms with Crippen molar-refractivity contribution in [3.63, 3.8) is 0 Å². The molecule has 0 bridgehead atoms. The Bertz CT molecular complexity index is 721. The van der Waals surface area contributed by atoms with E-state index >= 15 is 0 Å². The van der Waals surface area contributed by atoms with E-state index in [1.807, 2.05) is 6.20 Å². The highest BCUT2D eigenvalue weighted by Gasteiger charge is 2.52. The summed E-state index contributed by atoms with van der Waals surface area (Å²) in [4.78, 5) is 4.75. The van der Waals surface area contributed by atoms with Gasteiger partial charge in [0.2, 0.25) is 0 Å². The molecule has 2 aromatic rings. The molecule has 0 N–H and O–H groups in total. The lowest BCUT2D eigenvalue weighted by Crippen LogP contribution is -2.41. The van der Waals surface area contributed by atoms with Crippen LogP contribution in [0.3, 0.4) is 0 Å². The summed E-state index contributed by atoms with van der Waals surface area (Å²) in [7, 11) is -0.351. The monoisotopic (exact) mass is 295 g/mol. The number of hydrogen-bond donors (Lipinski definition) is 0. The van der Waals surface area contributed by atoms with Crippen LogP contribution in [0.5, 0.6) is 0 Å². The number of rotatable bonds is 2. The number of benzene rings is 1. The Morgan fingerprint density at radius 3 is 2.18 bits per heavy atom. The highest BCUT2D eigenvalue weighted by atomic mass is 16.7. The topological polar surface area (TPSA) is 31.4 Å². The minimum absolute atomic E-state index is 0.325. The molecule has 1 aliphatic heterocycles. The van der Waals surface area contributed by atoms with Gasteiger partial charge in [-0.2, -0.15) is 0 Å². The number of aromatic nitrogens is 1. The molecule has 2 fully saturated rings. The molecule has 2 heterocycles. The lowest BCUT2D eigenvalue weighted by atomic mass is 9.77. The molecule has 1 aromatic carbocycles. The van der Waals surface area contributed by atoms with E-state index in [2.05, 4.69) is 52.0 Å². The zero-order chi connectivity index (χ0) is 15.5. The first-order chi connectivity index (χ1) is 10.4. The van der Waals surface area contributed by atoms with Crippen LogP contribution in [0, 0.1) is 0 Å². The Morgan fingerprint density at radius 2 is 1.59 bits per heavy atom. The molecule has 4 rings (SSSR count). The highest BCUT2D eigenvalue weighted by molar-refractivity contribution is 6.65. The standard InChI is InChI=1S/C18H22BNO2/c1-17(2)18(3,4)22-19(21-17)15-11-20-16(12-9-10-12)14-8-6-5-7-13(14)15/h5-8,11-12H,9-10H2,1-4H3. The molecule has 0 spiro atoms. The number of hydrogen-bond acceptors (Lipinski definition) is 3. The highest BCUT2D eigenvalue weighted by Crippen LogP contribution is 2.42. The third-order valence-corrected chi connectivity index (χ3v) is 5.33. The van der Waals surface area contributed by atoms with Gasteiger partial charge in [-0.1, -0.05) is 24.3 Å². The van der Waals surface area contributed by atoms with Gasteiger partial charge in [-0.25, -0.2) is 0 Å². The van der Waals surface area contributed by atoms with Crippen LogP contribution < -0.4 is 5.46 Å². The van der Waals surface area contributed by atoms with Crippen molar-refractivity contribution in [3.8, 4) is 0 Å². The average molecular weight is 295 g/mol. The van der Waals surface area contributed by atoms with Gasteiger partial charge in [0.05, 0.1) is 16.9 Å². The lowest BCUT2D eigenvalue weighted by molar-refractivity contribution is 0.00578. The van der Waals surface area contributed by atoms with Crippen LogP contribution in [0.2, 0.25) is 0 Å². The van der Waals surface area contributed by atoms with Crippen molar-refractivity contribution in [1.82, 2.24) is 4.98 Å². The second-order valence-corrected chi connectivity index (χ2v) is 7.51. The quantitative estimate of drug-likeness (QED) is 0.796. The lowest BCUT2D eigenvalue weighted by Gasteiger charge is -2.32. The maximum absolute atomic E-state index is 6.21. The fourth-order valence-corrected chi connectivity index (χ4v) is 3.08. The van der Waals surface area contributed by atoms with Crippen molar-refractivity contribution in [3.05, 3.63) is 36.2 Å². The SMILES string of the molecule is CC1(C)OB(c2cnc(C3CC3)c3ccccc23)OC1(C)C. The number of nitrogens with zero attached hydrogens (tertiary/aromatic N) is 1. The normalized spacial score (nSPS) is 23.2. The van der Waals surface area contributed by atoms with Gasteiger partial charge < -0.3 is 9.31 Å². The second-order valence-electron chi connectivity index (χ2n) is 7.51. The second kappa shape index (κ2) is 4.56. The first kappa shape index (κ1) is 14.2. The summed E-state index contributed by atoms with van der Waals surface area (Å²) in [5.41, 5.74) is 1.62. The van der Waals surface area contributed by atoms with Crippen LogP contribution >= 0.6 is 0 Å². The summed E-state index contributed by atoms with van der Waals surface area (Å²) in [5, 5.41) is 2.45. The van der Waals surface area contributed by atoms with Crippen LogP contribution in [-0.2, 0) is 9.31 Å². The van der Waals surface area contributed by atoms with Crippen molar-refractivity contribution in [2.45, 2.75) is 57.7 Å². The first-order valence-electron chi connectivity index (χ1n) is 8.12. The molecule has 3 nitrogen and oxygen atoms in total. The van der Waals surface area contributed by atoms with E-state index in [1.54, 1.807) is 0 Å². The van der Waals surface area contributed by atoms with Gasteiger partial charge in [-0.3, -0.25) is 4.98 Å². The van der Waals surface area contributed by atoms with E-state index in [0.29, 0.717) is 5.92 Å². The molecule has 22 heavy (non-hydrogen) atoms. The smallest absolute Gasteiger partial charge is 0.399 e. The number of fused-ring (bicyclic) bond motifs is 1. The molecular weight excluding hydrogens is 273 g/mol. The predicted octanol–water partition coefficient (Wildman–Crippen LogP) is 3.41. The van der Waals surface area contributed by atoms with Gasteiger partial charge in [0.15, 0.2) is 0 Å². The van der Waals surface area contributed by atoms with Gasteiger partial charge in [0, 0.05) is 23.0 Å². The van der Waals surface area contributed by atoms with E-state index in [4.69, 9.17) is 14.3 Å². The van der Waals surface area contributed by atoms with Crippen molar-refractivity contribution in [1.29, 1.82) is 0 Å². The molecule has 0 amide bonds. The third kappa shape index (κ3) is 2.09. The molecule has 0 atom stereocenters. The fraction of sp³-hybridized carbons (Fsp3) is 0.500. The average Bonchev–Trinajstić information content (AvgIpc) is 3.26. The van der Waals surface area contributed by atoms with Crippen molar-refractivity contribution < 1.29 is 9.31 Å². The predicted molar refractivity (Wildman–Crippen MR) is 89.4 cm³/mol. The molecule has 1 saturated carbocycles. The fourth-order valence-electron chi connectivity index (χ4n) is 3.08. The minimum atomic E-state index is -0.351. The summed E-state index contributed by atoms with van der Waals surface area (Å²) in [6.45, 7) is 8.34. The molecule has 2 aliphatic rings. The molecule has 0 unspecified atom stereocenters. The minimum Gasteiger partial charge on any atom is -0.399 e. The largest absolute Gasteiger partial charge is 0.497 e. The molecule has 0 radical (unpaired) electrons. The maximum Gasteiger partial charge on any atom is 0.497 e. The van der Waals surface area contributed by atoms with Crippen LogP contribution in [-0.4, -0.2) is 23.3 Å². The third-order valence-electron chi connectivity index (χ3n) is 5.33. The summed E-state index contributed by atoms with van der Waals surface area (Å²) in [5.74, 6) is 0.636. The van der Waals surface area contributed by atoms with E-state index in [0.717, 1.165) is 5.46 Å². The van der Waals surface area contributed by atoms with Gasteiger partial charge in [0.1, 0.15) is 0 Å². The Hall–Kier alpha value is -1.39. The molecule has 4 heteroatoms. The first-order valence-corrected chi connectivity index (χ1v) is 8.12. The molecular formula is C18H22BNO2. The number of pyridine rings is 1. The van der Waals surface area contributed by atoms with Crippen LogP contribution in [0.1, 0.15) is 52.1 Å². The van der Waals surface area contributed by atoms with Crippen molar-refractivity contribution in [2.24, 2.45) is 0 Å². The zero-order valence-corrected chi connectivity index (χ0v) is 13.7. The Kier molecular flexibility index (Phi) is 2.95. The van der Waals surface area contributed by atoms with E-state index in [-0.39, 0.29) is 18.3 Å². The van der Waals surface area contributed by atoms with E-state index < -0.39 is 0 Å².